The Kier molecular flexibility index (Phi) is 2.94. The van der Waals surface area contributed by atoms with Crippen molar-refractivity contribution in [1.82, 2.24) is 0 Å². The quantitative estimate of drug-likeness (QED) is 0.612. The Labute approximate surface area is 86.8 Å². The van der Waals surface area contributed by atoms with E-state index < -0.39 is 10.7 Å². The number of nitro groups is 1. The van der Waals surface area contributed by atoms with Gasteiger partial charge in [-0.3, -0.25) is 10.1 Å². The first-order valence-corrected chi connectivity index (χ1v) is 4.18. The fourth-order valence-electron chi connectivity index (χ4n) is 1.13. The summed E-state index contributed by atoms with van der Waals surface area (Å²) in [6.45, 7) is 5.39. The summed E-state index contributed by atoms with van der Waals surface area (Å²) < 4.78 is 4.83. The van der Waals surface area contributed by atoms with Crippen molar-refractivity contribution >= 4 is 11.3 Å². The van der Waals surface area contributed by atoms with Crippen LogP contribution in [-0.4, -0.2) is 17.1 Å². The van der Waals surface area contributed by atoms with Crippen LogP contribution in [0.2, 0.25) is 0 Å². The molecule has 1 rings (SSSR count). The molecule has 0 aliphatic rings. The van der Waals surface area contributed by atoms with Gasteiger partial charge in [0.2, 0.25) is 5.75 Å². The molecular weight excluding hydrogens is 198 g/mol. The number of rotatable bonds is 3. The number of nitro benzene ring substituents is 1. The number of hydrogen-bond donors (Lipinski definition) is 1. The minimum atomic E-state index is -0.662. The number of phenolic OH excluding ortho intramolecular Hbond substituents is 1. The van der Waals surface area contributed by atoms with Gasteiger partial charge in [0, 0.05) is 6.07 Å². The first kappa shape index (κ1) is 11.0. The van der Waals surface area contributed by atoms with Crippen molar-refractivity contribution < 1.29 is 14.8 Å². The van der Waals surface area contributed by atoms with E-state index in [1.165, 1.54) is 19.2 Å². The van der Waals surface area contributed by atoms with Crippen LogP contribution < -0.4 is 4.74 Å². The molecule has 0 bridgehead atoms. The fraction of sp³-hybridized carbons (Fsp3) is 0.200. The molecule has 0 spiro atoms. The largest absolute Gasteiger partial charge is 0.500 e. The summed E-state index contributed by atoms with van der Waals surface area (Å²) >= 11 is 0. The van der Waals surface area contributed by atoms with E-state index in [1.807, 2.05) is 0 Å². The lowest BCUT2D eigenvalue weighted by atomic mass is 10.1. The molecule has 0 aliphatic carbocycles. The number of benzene rings is 1. The van der Waals surface area contributed by atoms with E-state index in [-0.39, 0.29) is 11.4 Å². The standard InChI is InChI=1S/C10H11NO4/c1-6(2)7-4-8(11(13)14)10(12)9(5-7)15-3/h4-5,12H,1H2,2-3H3. The van der Waals surface area contributed by atoms with Gasteiger partial charge in [0.25, 0.3) is 0 Å². The third-order valence-electron chi connectivity index (χ3n) is 1.96. The monoisotopic (exact) mass is 209 g/mol. The molecule has 0 atom stereocenters. The lowest BCUT2D eigenvalue weighted by Gasteiger charge is -2.06. The van der Waals surface area contributed by atoms with Crippen molar-refractivity contribution in [2.45, 2.75) is 6.92 Å². The summed E-state index contributed by atoms with van der Waals surface area (Å²) in [6.07, 6.45) is 0. The zero-order chi connectivity index (χ0) is 11.6. The zero-order valence-corrected chi connectivity index (χ0v) is 8.48. The molecule has 0 aliphatic heterocycles. The van der Waals surface area contributed by atoms with E-state index >= 15 is 0 Å². The van der Waals surface area contributed by atoms with Crippen LogP contribution in [0, 0.1) is 10.1 Å². The van der Waals surface area contributed by atoms with Crippen LogP contribution in [0.4, 0.5) is 5.69 Å². The minimum absolute atomic E-state index is 0.0715. The highest BCUT2D eigenvalue weighted by atomic mass is 16.6. The second kappa shape index (κ2) is 4.00. The number of phenols is 1. The lowest BCUT2D eigenvalue weighted by Crippen LogP contribution is -1.94. The molecule has 1 N–H and O–H groups in total. The Morgan fingerprint density at radius 2 is 2.20 bits per heavy atom. The summed E-state index contributed by atoms with van der Waals surface area (Å²) in [5.74, 6) is -0.394. The summed E-state index contributed by atoms with van der Waals surface area (Å²) in [6, 6.07) is 2.77. The zero-order valence-electron chi connectivity index (χ0n) is 8.48. The van der Waals surface area contributed by atoms with Crippen LogP contribution in [0.1, 0.15) is 12.5 Å². The maximum Gasteiger partial charge on any atom is 0.315 e. The van der Waals surface area contributed by atoms with E-state index in [1.54, 1.807) is 6.92 Å². The number of allylic oxidation sites excluding steroid dienone is 1. The Hall–Kier alpha value is -2.04. The molecule has 0 amide bonds. The van der Waals surface area contributed by atoms with Crippen molar-refractivity contribution in [2.75, 3.05) is 7.11 Å². The van der Waals surface area contributed by atoms with Gasteiger partial charge in [0.15, 0.2) is 5.75 Å². The van der Waals surface area contributed by atoms with Crippen LogP contribution in [0.5, 0.6) is 11.5 Å². The first-order valence-electron chi connectivity index (χ1n) is 4.18. The molecule has 5 nitrogen and oxygen atoms in total. The van der Waals surface area contributed by atoms with Crippen LogP contribution in [0.15, 0.2) is 18.7 Å². The maximum absolute atomic E-state index is 10.6. The second-order valence-corrected chi connectivity index (χ2v) is 3.08. The highest BCUT2D eigenvalue weighted by Gasteiger charge is 2.19. The third kappa shape index (κ3) is 2.07. The van der Waals surface area contributed by atoms with E-state index in [4.69, 9.17) is 4.74 Å². The molecule has 0 radical (unpaired) electrons. The smallest absolute Gasteiger partial charge is 0.315 e. The molecule has 5 heteroatoms. The highest BCUT2D eigenvalue weighted by Crippen LogP contribution is 2.38. The number of methoxy groups -OCH3 is 1. The van der Waals surface area contributed by atoms with Gasteiger partial charge < -0.3 is 9.84 Å². The summed E-state index contributed by atoms with van der Waals surface area (Å²) in [5.41, 5.74) is 0.847. The number of hydrogen-bond acceptors (Lipinski definition) is 4. The fourth-order valence-corrected chi connectivity index (χ4v) is 1.13. The van der Waals surface area contributed by atoms with E-state index in [9.17, 15) is 15.2 Å². The van der Waals surface area contributed by atoms with Crippen LogP contribution in [0.3, 0.4) is 0 Å². The average Bonchev–Trinajstić information content (AvgIpc) is 2.17. The van der Waals surface area contributed by atoms with E-state index in [0.717, 1.165) is 0 Å². The van der Waals surface area contributed by atoms with Gasteiger partial charge in [-0.1, -0.05) is 12.2 Å². The molecule has 0 unspecified atom stereocenters. The van der Waals surface area contributed by atoms with Crippen LogP contribution in [0.25, 0.3) is 5.57 Å². The van der Waals surface area contributed by atoms with Gasteiger partial charge in [-0.2, -0.15) is 0 Å². The van der Waals surface area contributed by atoms with Crippen molar-refractivity contribution in [3.05, 3.63) is 34.4 Å². The first-order chi connectivity index (χ1) is 6.97. The molecule has 80 valence electrons. The van der Waals surface area contributed by atoms with Crippen LogP contribution in [-0.2, 0) is 0 Å². The number of ether oxygens (including phenoxy) is 1. The number of aromatic hydroxyl groups is 1. The van der Waals surface area contributed by atoms with Crippen molar-refractivity contribution in [1.29, 1.82) is 0 Å². The molecule has 15 heavy (non-hydrogen) atoms. The van der Waals surface area contributed by atoms with Gasteiger partial charge in [-0.15, -0.1) is 0 Å². The SMILES string of the molecule is C=C(C)c1cc(OC)c(O)c([N+](=O)[O-])c1. The molecule has 0 saturated carbocycles. The Balaban J connectivity index is 3.45. The second-order valence-electron chi connectivity index (χ2n) is 3.08. The van der Waals surface area contributed by atoms with E-state index in [0.29, 0.717) is 11.1 Å². The molecular formula is C10H11NO4. The lowest BCUT2D eigenvalue weighted by molar-refractivity contribution is -0.386. The summed E-state index contributed by atoms with van der Waals surface area (Å²) in [7, 11) is 1.33. The molecule has 0 saturated heterocycles. The molecule has 1 aromatic carbocycles. The topological polar surface area (TPSA) is 72.6 Å². The predicted molar refractivity (Wildman–Crippen MR) is 56.0 cm³/mol. The summed E-state index contributed by atoms with van der Waals surface area (Å²) in [4.78, 5) is 9.96. The van der Waals surface area contributed by atoms with Gasteiger partial charge >= 0.3 is 5.69 Å². The predicted octanol–water partition coefficient (Wildman–Crippen LogP) is 2.34. The molecule has 0 aromatic heterocycles. The van der Waals surface area contributed by atoms with Crippen molar-refractivity contribution in [3.63, 3.8) is 0 Å². The molecule has 0 heterocycles. The summed E-state index contributed by atoms with van der Waals surface area (Å²) in [5, 5.41) is 20.1. The maximum atomic E-state index is 10.6. The van der Waals surface area contributed by atoms with Crippen LogP contribution >= 0.6 is 0 Å². The average molecular weight is 209 g/mol. The van der Waals surface area contributed by atoms with Crippen molar-refractivity contribution in [3.8, 4) is 11.5 Å². The van der Waals surface area contributed by atoms with Gasteiger partial charge in [-0.25, -0.2) is 0 Å². The Morgan fingerprint density at radius 3 is 2.60 bits per heavy atom. The Bertz CT molecular complexity index is 426. The highest BCUT2D eigenvalue weighted by molar-refractivity contribution is 5.69. The van der Waals surface area contributed by atoms with Gasteiger partial charge in [0.05, 0.1) is 12.0 Å². The van der Waals surface area contributed by atoms with Gasteiger partial charge in [-0.05, 0) is 18.6 Å². The normalized spacial score (nSPS) is 9.73. The number of nitrogens with zero attached hydrogens (tertiary/aromatic N) is 1. The van der Waals surface area contributed by atoms with E-state index in [2.05, 4.69) is 6.58 Å². The molecule has 1 aromatic rings. The third-order valence-corrected chi connectivity index (χ3v) is 1.96. The molecule has 0 fully saturated rings. The minimum Gasteiger partial charge on any atom is -0.500 e. The van der Waals surface area contributed by atoms with Gasteiger partial charge in [0.1, 0.15) is 0 Å². The van der Waals surface area contributed by atoms with Crippen molar-refractivity contribution in [2.24, 2.45) is 0 Å². The Morgan fingerprint density at radius 1 is 1.60 bits per heavy atom.